The van der Waals surface area contributed by atoms with Gasteiger partial charge in [-0.2, -0.15) is 0 Å². The normalized spacial score (nSPS) is 43.4. The van der Waals surface area contributed by atoms with Gasteiger partial charge in [0.25, 0.3) is 0 Å². The first-order valence-electron chi connectivity index (χ1n) is 17.3. The van der Waals surface area contributed by atoms with Crippen LogP contribution in [0.25, 0.3) is 0 Å². The molecule has 0 spiro atoms. The Morgan fingerprint density at radius 2 is 1.76 bits per heavy atom. The highest BCUT2D eigenvalue weighted by atomic mass is 16.5. The fourth-order valence-corrected chi connectivity index (χ4v) is 12.4. The Kier molecular flexibility index (Phi) is 8.72. The summed E-state index contributed by atoms with van der Waals surface area (Å²) in [6.07, 6.45) is 21.4. The van der Waals surface area contributed by atoms with E-state index in [0.717, 1.165) is 50.2 Å². The Hall–Kier alpha value is -1.13. The monoisotopic (exact) mass is 567 g/mol. The summed E-state index contributed by atoms with van der Waals surface area (Å²) in [5, 5.41) is 13.6. The molecule has 0 aromatic heterocycles. The average Bonchev–Trinajstić information content (AvgIpc) is 3.34. The van der Waals surface area contributed by atoms with Crippen molar-refractivity contribution >= 4 is 5.97 Å². The van der Waals surface area contributed by atoms with E-state index < -0.39 is 5.97 Å². The zero-order valence-corrected chi connectivity index (χ0v) is 27.5. The number of nitrogens with one attached hydrogen (secondary N) is 1. The molecular formula is C37H61NO3. The number of allylic oxidation sites excluding steroid dienone is 4. The fraction of sp³-hybridized carbons (Fsp3) is 0.865. The van der Waals surface area contributed by atoms with Crippen molar-refractivity contribution in [1.82, 2.24) is 5.32 Å². The van der Waals surface area contributed by atoms with E-state index in [1.54, 1.807) is 0 Å². The molecule has 0 radical (unpaired) electrons. The number of aliphatic carboxylic acids is 1. The molecule has 232 valence electrons. The van der Waals surface area contributed by atoms with Gasteiger partial charge in [0.05, 0.1) is 0 Å². The van der Waals surface area contributed by atoms with Crippen molar-refractivity contribution in [1.29, 1.82) is 0 Å². The van der Waals surface area contributed by atoms with E-state index in [2.05, 4.69) is 59.0 Å². The number of hydrogen-bond acceptors (Lipinski definition) is 3. The molecule has 0 aliphatic heterocycles. The maximum atomic E-state index is 11.5. The Bertz CT molecular complexity index is 1040. The van der Waals surface area contributed by atoms with Crippen molar-refractivity contribution < 1.29 is 14.6 Å². The van der Waals surface area contributed by atoms with Crippen molar-refractivity contribution in [2.75, 3.05) is 20.3 Å². The van der Waals surface area contributed by atoms with Crippen LogP contribution in [0.4, 0.5) is 0 Å². The average molecular weight is 568 g/mol. The molecule has 4 nitrogen and oxygen atoms in total. The van der Waals surface area contributed by atoms with E-state index in [4.69, 9.17) is 4.74 Å². The van der Waals surface area contributed by atoms with Crippen LogP contribution < -0.4 is 5.32 Å². The lowest BCUT2D eigenvalue weighted by Gasteiger charge is -2.72. The number of fused-ring (bicyclic) bond motifs is 7. The summed E-state index contributed by atoms with van der Waals surface area (Å²) in [7, 11) is 1.82. The first-order valence-corrected chi connectivity index (χ1v) is 17.3. The minimum atomic E-state index is -0.687. The van der Waals surface area contributed by atoms with Crippen LogP contribution in [0.1, 0.15) is 131 Å². The third-order valence-electron chi connectivity index (χ3n) is 14.3. The van der Waals surface area contributed by atoms with E-state index in [-0.39, 0.29) is 11.8 Å². The largest absolute Gasteiger partial charge is 0.481 e. The van der Waals surface area contributed by atoms with Crippen LogP contribution in [0, 0.1) is 45.3 Å². The Labute approximate surface area is 251 Å². The van der Waals surface area contributed by atoms with Gasteiger partial charge in [0.15, 0.2) is 0 Å². The number of carboxylic acid groups (broad SMARTS) is 1. The Morgan fingerprint density at radius 3 is 2.46 bits per heavy atom. The van der Waals surface area contributed by atoms with Gasteiger partial charge in [0.2, 0.25) is 0 Å². The summed E-state index contributed by atoms with van der Waals surface area (Å²) >= 11 is 0. The minimum Gasteiger partial charge on any atom is -0.481 e. The Morgan fingerprint density at radius 1 is 0.976 bits per heavy atom. The maximum absolute atomic E-state index is 11.5. The summed E-state index contributed by atoms with van der Waals surface area (Å²) in [5.41, 5.74) is 4.31. The van der Waals surface area contributed by atoms with Crippen molar-refractivity contribution in [3.63, 3.8) is 0 Å². The third-order valence-corrected chi connectivity index (χ3v) is 14.3. The van der Waals surface area contributed by atoms with Crippen molar-refractivity contribution in [3.8, 4) is 0 Å². The molecule has 0 saturated heterocycles. The van der Waals surface area contributed by atoms with Gasteiger partial charge in [-0.05, 0) is 140 Å². The minimum absolute atomic E-state index is 0.0743. The van der Waals surface area contributed by atoms with Crippen LogP contribution >= 0.6 is 0 Å². The van der Waals surface area contributed by atoms with Crippen molar-refractivity contribution in [2.45, 2.75) is 137 Å². The lowest BCUT2D eigenvalue weighted by Crippen LogP contribution is -2.67. The number of carbonyl (C=O) groups is 1. The lowest BCUT2D eigenvalue weighted by molar-refractivity contribution is -0.218. The smallest absolute Gasteiger partial charge is 0.303 e. The number of carboxylic acids is 1. The lowest BCUT2D eigenvalue weighted by atomic mass is 9.33. The highest BCUT2D eigenvalue weighted by molar-refractivity contribution is 5.67. The number of ether oxygens (including phenoxy) is 1. The maximum Gasteiger partial charge on any atom is 0.303 e. The van der Waals surface area contributed by atoms with Gasteiger partial charge >= 0.3 is 5.97 Å². The molecule has 0 heterocycles. The van der Waals surface area contributed by atoms with Crippen LogP contribution in [-0.2, 0) is 9.53 Å². The molecule has 8 atom stereocenters. The molecule has 4 saturated carbocycles. The van der Waals surface area contributed by atoms with Crippen LogP contribution in [-0.4, -0.2) is 36.9 Å². The van der Waals surface area contributed by atoms with Crippen LogP contribution in [0.3, 0.4) is 0 Å². The number of rotatable bonds is 10. The molecular weight excluding hydrogens is 506 g/mol. The molecule has 0 amide bonds. The van der Waals surface area contributed by atoms with Gasteiger partial charge in [-0.25, -0.2) is 0 Å². The van der Waals surface area contributed by atoms with Gasteiger partial charge in [0.1, 0.15) is 0 Å². The Balaban J connectivity index is 1.42. The zero-order valence-electron chi connectivity index (χ0n) is 27.5. The number of hydrogen-bond donors (Lipinski definition) is 2. The predicted octanol–water partition coefficient (Wildman–Crippen LogP) is 8.96. The van der Waals surface area contributed by atoms with Gasteiger partial charge < -0.3 is 15.2 Å². The van der Waals surface area contributed by atoms with Crippen molar-refractivity contribution in [3.05, 3.63) is 23.3 Å². The highest BCUT2D eigenvalue weighted by Crippen LogP contribution is 2.76. The molecule has 0 bridgehead atoms. The first kappa shape index (κ1) is 31.3. The molecule has 5 rings (SSSR count). The second-order valence-electron chi connectivity index (χ2n) is 16.2. The van der Waals surface area contributed by atoms with Crippen LogP contribution in [0.2, 0.25) is 0 Å². The van der Waals surface area contributed by atoms with Crippen molar-refractivity contribution in [2.24, 2.45) is 45.3 Å². The quantitative estimate of drug-likeness (QED) is 0.259. The molecule has 4 fully saturated rings. The first-order chi connectivity index (χ1) is 19.4. The third kappa shape index (κ3) is 4.90. The second kappa shape index (κ2) is 11.4. The molecule has 41 heavy (non-hydrogen) atoms. The molecule has 0 aromatic carbocycles. The zero-order chi connectivity index (χ0) is 29.7. The van der Waals surface area contributed by atoms with Gasteiger partial charge in [-0.15, -0.1) is 0 Å². The highest BCUT2D eigenvalue weighted by Gasteiger charge is 2.69. The molecule has 4 heteroatoms. The molecule has 2 N–H and O–H groups in total. The fourth-order valence-electron chi connectivity index (χ4n) is 12.4. The van der Waals surface area contributed by atoms with Gasteiger partial charge in [-0.1, -0.05) is 60.1 Å². The summed E-state index contributed by atoms with van der Waals surface area (Å²) in [4.78, 5) is 11.5. The summed E-state index contributed by atoms with van der Waals surface area (Å²) in [5.74, 6) is 2.39. The molecule has 6 unspecified atom stereocenters. The second-order valence-corrected chi connectivity index (χ2v) is 16.2. The van der Waals surface area contributed by atoms with Crippen LogP contribution in [0.15, 0.2) is 23.3 Å². The van der Waals surface area contributed by atoms with E-state index in [0.29, 0.717) is 34.1 Å². The number of methoxy groups -OCH3 is 1. The standard InChI is InChI=1S/C37H61NO3/c1-8-11-26(13-16-32(39)40)27-17-20-34(4)30(33(27,2)3)18-21-36(6)31(34)15-14-28-29-12-9-19-37(29,23-22-35(28,36)5)38-24-10-25-41-7/h11,17,28-31,38H,8-10,12-16,18-25H2,1-7H3,(H,39,40)/b26-11+/t28?,29-,30?,31?,34?,35-,36?,37?/m1/s1. The van der Waals surface area contributed by atoms with E-state index in [1.165, 1.54) is 68.9 Å². The molecule has 5 aliphatic carbocycles. The molecule has 5 aliphatic rings. The van der Waals surface area contributed by atoms with Crippen LogP contribution in [0.5, 0.6) is 0 Å². The summed E-state index contributed by atoms with van der Waals surface area (Å²) < 4.78 is 5.36. The topological polar surface area (TPSA) is 58.6 Å². The SMILES string of the molecule is CC/C=C(\CCC(=O)O)C1=CCC2(C)C(CCC3(C)C2CCC2[C@H]4CCCC4(NCCCOC)CC[C@]23C)C1(C)C. The summed E-state index contributed by atoms with van der Waals surface area (Å²) in [6.45, 7) is 17.3. The van der Waals surface area contributed by atoms with E-state index in [9.17, 15) is 9.90 Å². The van der Waals surface area contributed by atoms with Gasteiger partial charge in [0, 0.05) is 25.7 Å². The van der Waals surface area contributed by atoms with Gasteiger partial charge in [-0.3, -0.25) is 4.79 Å². The summed E-state index contributed by atoms with van der Waals surface area (Å²) in [6, 6.07) is 0. The molecule has 0 aromatic rings. The van der Waals surface area contributed by atoms with E-state index in [1.807, 2.05) is 7.11 Å². The predicted molar refractivity (Wildman–Crippen MR) is 169 cm³/mol. The van der Waals surface area contributed by atoms with E-state index >= 15 is 0 Å².